The summed E-state index contributed by atoms with van der Waals surface area (Å²) in [6.07, 6.45) is 6.16. The molecule has 0 bridgehead atoms. The molecule has 2 N–H and O–H groups in total. The van der Waals surface area contributed by atoms with Crippen molar-refractivity contribution in [2.75, 3.05) is 6.54 Å². The molecule has 7 heteroatoms. The van der Waals surface area contributed by atoms with Gasteiger partial charge in [0.1, 0.15) is 6.33 Å². The standard InChI is InChI=1S/C14H23N5O2/c1-2-19-10-17-18-12(19)9-16-13(20)7-8-15-14(21)11-5-3-4-6-11/h10-11H,2-9H2,1H3,(H,15,21)(H,16,20). The predicted octanol–water partition coefficient (Wildman–Crippen LogP) is 0.611. The maximum absolute atomic E-state index is 11.8. The molecule has 0 atom stereocenters. The first-order valence-electron chi connectivity index (χ1n) is 7.61. The van der Waals surface area contributed by atoms with E-state index in [9.17, 15) is 9.59 Å². The van der Waals surface area contributed by atoms with E-state index in [1.54, 1.807) is 6.33 Å². The van der Waals surface area contributed by atoms with Crippen LogP contribution < -0.4 is 10.6 Å². The topological polar surface area (TPSA) is 88.9 Å². The number of carbonyl (C=O) groups excluding carboxylic acids is 2. The Hall–Kier alpha value is -1.92. The molecule has 0 aliphatic heterocycles. The van der Waals surface area contributed by atoms with Gasteiger partial charge in [-0.25, -0.2) is 0 Å². The van der Waals surface area contributed by atoms with E-state index < -0.39 is 0 Å². The van der Waals surface area contributed by atoms with E-state index in [1.165, 1.54) is 0 Å². The molecule has 1 aromatic rings. The minimum absolute atomic E-state index is 0.0889. The van der Waals surface area contributed by atoms with Gasteiger partial charge in [-0.05, 0) is 19.8 Å². The Morgan fingerprint density at radius 3 is 2.81 bits per heavy atom. The van der Waals surface area contributed by atoms with Crippen molar-refractivity contribution in [2.24, 2.45) is 5.92 Å². The molecule has 21 heavy (non-hydrogen) atoms. The van der Waals surface area contributed by atoms with E-state index in [1.807, 2.05) is 11.5 Å². The minimum Gasteiger partial charge on any atom is -0.355 e. The highest BCUT2D eigenvalue weighted by Crippen LogP contribution is 2.24. The second kappa shape index (κ2) is 7.75. The summed E-state index contributed by atoms with van der Waals surface area (Å²) in [5, 5.41) is 13.4. The molecule has 0 spiro atoms. The third kappa shape index (κ3) is 4.54. The monoisotopic (exact) mass is 293 g/mol. The number of nitrogens with one attached hydrogen (secondary N) is 2. The fourth-order valence-corrected chi connectivity index (χ4v) is 2.58. The van der Waals surface area contributed by atoms with Crippen molar-refractivity contribution in [1.82, 2.24) is 25.4 Å². The number of hydrogen-bond donors (Lipinski definition) is 2. The molecular formula is C14H23N5O2. The molecule has 1 fully saturated rings. The lowest BCUT2D eigenvalue weighted by Gasteiger charge is -2.10. The molecule has 116 valence electrons. The van der Waals surface area contributed by atoms with Crippen LogP contribution in [0.5, 0.6) is 0 Å². The second-order valence-electron chi connectivity index (χ2n) is 5.33. The van der Waals surface area contributed by atoms with E-state index in [4.69, 9.17) is 0 Å². The summed E-state index contributed by atoms with van der Waals surface area (Å²) in [5.74, 6) is 0.885. The van der Waals surface area contributed by atoms with Gasteiger partial charge < -0.3 is 15.2 Å². The zero-order valence-corrected chi connectivity index (χ0v) is 12.5. The van der Waals surface area contributed by atoms with Crippen LogP contribution in [0.25, 0.3) is 0 Å². The van der Waals surface area contributed by atoms with Gasteiger partial charge in [0.25, 0.3) is 0 Å². The van der Waals surface area contributed by atoms with Gasteiger partial charge in [0.15, 0.2) is 5.82 Å². The largest absolute Gasteiger partial charge is 0.355 e. The summed E-state index contributed by atoms with van der Waals surface area (Å²) in [6, 6.07) is 0. The number of rotatable bonds is 7. The minimum atomic E-state index is -0.0904. The van der Waals surface area contributed by atoms with Gasteiger partial charge in [-0.2, -0.15) is 0 Å². The average molecular weight is 293 g/mol. The zero-order chi connectivity index (χ0) is 15.1. The molecule has 0 unspecified atom stereocenters. The summed E-state index contributed by atoms with van der Waals surface area (Å²) >= 11 is 0. The number of aromatic nitrogens is 3. The van der Waals surface area contributed by atoms with Gasteiger partial charge in [0.05, 0.1) is 6.54 Å². The smallest absolute Gasteiger partial charge is 0.223 e. The Bertz CT molecular complexity index is 479. The van der Waals surface area contributed by atoms with Gasteiger partial charge in [0, 0.05) is 25.4 Å². The highest BCUT2D eigenvalue weighted by atomic mass is 16.2. The summed E-state index contributed by atoms with van der Waals surface area (Å²) in [5.41, 5.74) is 0. The molecule has 1 aromatic heterocycles. The highest BCUT2D eigenvalue weighted by Gasteiger charge is 2.22. The lowest BCUT2D eigenvalue weighted by atomic mass is 10.1. The molecule has 2 amide bonds. The Kier molecular flexibility index (Phi) is 5.71. The highest BCUT2D eigenvalue weighted by molar-refractivity contribution is 5.80. The van der Waals surface area contributed by atoms with Crippen molar-refractivity contribution in [2.45, 2.75) is 52.1 Å². The van der Waals surface area contributed by atoms with Crippen LogP contribution in [-0.2, 0) is 22.7 Å². The zero-order valence-electron chi connectivity index (χ0n) is 12.5. The molecule has 1 saturated carbocycles. The van der Waals surface area contributed by atoms with Gasteiger partial charge >= 0.3 is 0 Å². The molecular weight excluding hydrogens is 270 g/mol. The fourth-order valence-electron chi connectivity index (χ4n) is 2.58. The Morgan fingerprint density at radius 2 is 2.10 bits per heavy atom. The molecule has 0 saturated heterocycles. The predicted molar refractivity (Wildman–Crippen MR) is 77.1 cm³/mol. The summed E-state index contributed by atoms with van der Waals surface area (Å²) in [6.45, 7) is 3.52. The van der Waals surface area contributed by atoms with Crippen LogP contribution in [0.1, 0.15) is 44.9 Å². The van der Waals surface area contributed by atoms with Crippen molar-refractivity contribution in [1.29, 1.82) is 0 Å². The van der Waals surface area contributed by atoms with Crippen LogP contribution in [0.15, 0.2) is 6.33 Å². The van der Waals surface area contributed by atoms with E-state index in [-0.39, 0.29) is 17.7 Å². The van der Waals surface area contributed by atoms with Crippen LogP contribution in [0.4, 0.5) is 0 Å². The van der Waals surface area contributed by atoms with Gasteiger partial charge in [-0.1, -0.05) is 12.8 Å². The van der Waals surface area contributed by atoms with E-state index in [0.29, 0.717) is 19.5 Å². The first kappa shape index (κ1) is 15.5. The van der Waals surface area contributed by atoms with Gasteiger partial charge in [-0.3, -0.25) is 9.59 Å². The lowest BCUT2D eigenvalue weighted by Crippen LogP contribution is -2.33. The number of hydrogen-bond acceptors (Lipinski definition) is 4. The SMILES string of the molecule is CCn1cnnc1CNC(=O)CCNC(=O)C1CCCC1. The molecule has 7 nitrogen and oxygen atoms in total. The summed E-state index contributed by atoms with van der Waals surface area (Å²) < 4.78 is 1.88. The van der Waals surface area contributed by atoms with E-state index in [0.717, 1.165) is 38.1 Å². The first-order chi connectivity index (χ1) is 10.2. The Balaban J connectivity index is 1.62. The third-order valence-electron chi connectivity index (χ3n) is 3.86. The third-order valence-corrected chi connectivity index (χ3v) is 3.86. The number of aryl methyl sites for hydroxylation is 1. The maximum Gasteiger partial charge on any atom is 0.223 e. The lowest BCUT2D eigenvalue weighted by molar-refractivity contribution is -0.125. The molecule has 2 rings (SSSR count). The molecule has 1 heterocycles. The number of amides is 2. The molecule has 0 radical (unpaired) electrons. The molecule has 0 aromatic carbocycles. The van der Waals surface area contributed by atoms with Crippen LogP contribution in [0.2, 0.25) is 0 Å². The van der Waals surface area contributed by atoms with Crippen LogP contribution in [-0.4, -0.2) is 33.1 Å². The Labute approximate surface area is 124 Å². The first-order valence-corrected chi connectivity index (χ1v) is 7.61. The van der Waals surface area contributed by atoms with E-state index >= 15 is 0 Å². The summed E-state index contributed by atoms with van der Waals surface area (Å²) in [4.78, 5) is 23.5. The van der Waals surface area contributed by atoms with Gasteiger partial charge in [0.2, 0.25) is 11.8 Å². The van der Waals surface area contributed by atoms with Crippen molar-refractivity contribution < 1.29 is 9.59 Å². The quantitative estimate of drug-likeness (QED) is 0.771. The van der Waals surface area contributed by atoms with Gasteiger partial charge in [-0.15, -0.1) is 10.2 Å². The summed E-state index contributed by atoms with van der Waals surface area (Å²) in [7, 11) is 0. The fraction of sp³-hybridized carbons (Fsp3) is 0.714. The van der Waals surface area contributed by atoms with Crippen molar-refractivity contribution in [3.63, 3.8) is 0 Å². The van der Waals surface area contributed by atoms with Crippen molar-refractivity contribution >= 4 is 11.8 Å². The normalized spacial score (nSPS) is 15.1. The molecule has 1 aliphatic carbocycles. The Morgan fingerprint density at radius 1 is 1.33 bits per heavy atom. The van der Waals surface area contributed by atoms with Crippen molar-refractivity contribution in [3.8, 4) is 0 Å². The van der Waals surface area contributed by atoms with Crippen LogP contribution >= 0.6 is 0 Å². The van der Waals surface area contributed by atoms with E-state index in [2.05, 4.69) is 20.8 Å². The maximum atomic E-state index is 11.8. The van der Waals surface area contributed by atoms with Crippen molar-refractivity contribution in [3.05, 3.63) is 12.2 Å². The van der Waals surface area contributed by atoms with Crippen LogP contribution in [0, 0.1) is 5.92 Å². The van der Waals surface area contributed by atoms with Crippen LogP contribution in [0.3, 0.4) is 0 Å². The molecule has 1 aliphatic rings. The second-order valence-corrected chi connectivity index (χ2v) is 5.33. The average Bonchev–Trinajstić information content (AvgIpc) is 3.15. The number of nitrogens with zero attached hydrogens (tertiary/aromatic N) is 3. The number of carbonyl (C=O) groups is 2.